The van der Waals surface area contributed by atoms with Crippen molar-refractivity contribution in [2.75, 3.05) is 27.4 Å². The van der Waals surface area contributed by atoms with E-state index in [0.29, 0.717) is 48.4 Å². The Morgan fingerprint density at radius 3 is 2.53 bits per heavy atom. The van der Waals surface area contributed by atoms with E-state index in [1.165, 1.54) is 0 Å². The molecule has 0 aliphatic rings. The third-order valence-corrected chi connectivity index (χ3v) is 4.25. The number of benzene rings is 1. The molecule has 0 aliphatic carbocycles. The van der Waals surface area contributed by atoms with Crippen LogP contribution in [-0.2, 0) is 4.79 Å². The zero-order valence-corrected chi connectivity index (χ0v) is 17.9. The van der Waals surface area contributed by atoms with Crippen LogP contribution in [0.4, 0.5) is 0 Å². The van der Waals surface area contributed by atoms with Crippen molar-refractivity contribution in [2.24, 2.45) is 5.41 Å². The lowest BCUT2D eigenvalue weighted by molar-refractivity contribution is -0.122. The summed E-state index contributed by atoms with van der Waals surface area (Å²) in [4.78, 5) is 11.9. The van der Waals surface area contributed by atoms with Gasteiger partial charge in [0.15, 0.2) is 23.0 Å². The number of aromatic nitrogens is 4. The Morgan fingerprint density at radius 1 is 1.07 bits per heavy atom. The fourth-order valence-electron chi connectivity index (χ4n) is 2.89. The number of ether oxygens (including phenoxy) is 3. The number of amides is 1. The van der Waals surface area contributed by atoms with E-state index >= 15 is 0 Å². The van der Waals surface area contributed by atoms with E-state index in [0.717, 1.165) is 5.56 Å². The Labute approximate surface area is 175 Å². The molecule has 2 aromatic heterocycles. The van der Waals surface area contributed by atoms with Crippen molar-refractivity contribution in [1.82, 2.24) is 25.1 Å². The number of methoxy groups -OCH3 is 2. The quantitative estimate of drug-likeness (QED) is 0.567. The van der Waals surface area contributed by atoms with Crippen LogP contribution in [0.5, 0.6) is 17.4 Å². The summed E-state index contributed by atoms with van der Waals surface area (Å²) >= 11 is 0. The van der Waals surface area contributed by atoms with Crippen molar-refractivity contribution < 1.29 is 19.0 Å². The number of rotatable bonds is 8. The van der Waals surface area contributed by atoms with Crippen LogP contribution in [0, 0.1) is 5.41 Å². The Kier molecular flexibility index (Phi) is 6.39. The minimum Gasteiger partial charge on any atom is -0.493 e. The SMILES string of the molecule is COc1ccc(-c2nnc3ccc(OCCNC(=O)CC(C)(C)C)nn23)cc1OC. The zero-order chi connectivity index (χ0) is 21.7. The lowest BCUT2D eigenvalue weighted by Gasteiger charge is -2.17. The number of fused-ring (bicyclic) bond motifs is 1. The van der Waals surface area contributed by atoms with Crippen molar-refractivity contribution in [1.29, 1.82) is 0 Å². The minimum absolute atomic E-state index is 0.00376. The van der Waals surface area contributed by atoms with Gasteiger partial charge in [-0.3, -0.25) is 4.79 Å². The maximum Gasteiger partial charge on any atom is 0.231 e. The lowest BCUT2D eigenvalue weighted by Crippen LogP contribution is -2.31. The molecule has 0 saturated carbocycles. The van der Waals surface area contributed by atoms with Crippen LogP contribution in [0.25, 0.3) is 17.0 Å². The fourth-order valence-corrected chi connectivity index (χ4v) is 2.89. The van der Waals surface area contributed by atoms with Crippen molar-refractivity contribution in [3.05, 3.63) is 30.3 Å². The van der Waals surface area contributed by atoms with Crippen LogP contribution in [0.2, 0.25) is 0 Å². The van der Waals surface area contributed by atoms with E-state index in [1.807, 2.05) is 32.9 Å². The van der Waals surface area contributed by atoms with Gasteiger partial charge in [-0.25, -0.2) is 0 Å². The van der Waals surface area contributed by atoms with Crippen LogP contribution in [0.15, 0.2) is 30.3 Å². The third-order valence-electron chi connectivity index (χ3n) is 4.25. The first kappa shape index (κ1) is 21.4. The van der Waals surface area contributed by atoms with Crippen molar-refractivity contribution in [3.8, 4) is 28.8 Å². The van der Waals surface area contributed by atoms with Gasteiger partial charge in [-0.1, -0.05) is 20.8 Å². The molecule has 30 heavy (non-hydrogen) atoms. The topological polar surface area (TPSA) is 99.9 Å². The zero-order valence-electron chi connectivity index (χ0n) is 17.9. The first-order valence-electron chi connectivity index (χ1n) is 9.65. The van der Waals surface area contributed by atoms with E-state index in [4.69, 9.17) is 14.2 Å². The van der Waals surface area contributed by atoms with Gasteiger partial charge in [-0.2, -0.15) is 4.52 Å². The van der Waals surface area contributed by atoms with Gasteiger partial charge in [0.2, 0.25) is 11.8 Å². The fraction of sp³-hybridized carbons (Fsp3) is 0.429. The van der Waals surface area contributed by atoms with Gasteiger partial charge in [0.05, 0.1) is 20.8 Å². The molecule has 0 aliphatic heterocycles. The highest BCUT2D eigenvalue weighted by Crippen LogP contribution is 2.31. The van der Waals surface area contributed by atoms with Gasteiger partial charge in [0.25, 0.3) is 0 Å². The minimum atomic E-state index is -0.0491. The largest absolute Gasteiger partial charge is 0.493 e. The van der Waals surface area contributed by atoms with E-state index < -0.39 is 0 Å². The number of carbonyl (C=O) groups excluding carboxylic acids is 1. The second kappa shape index (κ2) is 8.98. The number of hydrogen-bond donors (Lipinski definition) is 1. The highest BCUT2D eigenvalue weighted by molar-refractivity contribution is 5.76. The molecule has 2 heterocycles. The van der Waals surface area contributed by atoms with Gasteiger partial charge >= 0.3 is 0 Å². The Hall–Kier alpha value is -3.36. The number of nitrogens with one attached hydrogen (secondary N) is 1. The molecule has 9 heteroatoms. The van der Waals surface area contributed by atoms with Crippen LogP contribution < -0.4 is 19.5 Å². The highest BCUT2D eigenvalue weighted by atomic mass is 16.5. The molecule has 1 N–H and O–H groups in total. The summed E-state index contributed by atoms with van der Waals surface area (Å²) in [5.74, 6) is 2.18. The maximum atomic E-state index is 11.9. The summed E-state index contributed by atoms with van der Waals surface area (Å²) < 4.78 is 17.9. The summed E-state index contributed by atoms with van der Waals surface area (Å²) in [6, 6.07) is 8.97. The molecule has 0 bridgehead atoms. The van der Waals surface area contributed by atoms with Crippen LogP contribution in [-0.4, -0.2) is 53.1 Å². The van der Waals surface area contributed by atoms with E-state index in [9.17, 15) is 4.79 Å². The smallest absolute Gasteiger partial charge is 0.231 e. The summed E-state index contributed by atoms with van der Waals surface area (Å²) in [6.07, 6.45) is 0.465. The van der Waals surface area contributed by atoms with Crippen LogP contribution >= 0.6 is 0 Å². The molecular weight excluding hydrogens is 386 g/mol. The van der Waals surface area contributed by atoms with Crippen molar-refractivity contribution >= 4 is 11.6 Å². The molecule has 0 unspecified atom stereocenters. The summed E-state index contributed by atoms with van der Waals surface area (Å²) in [7, 11) is 3.16. The first-order valence-corrected chi connectivity index (χ1v) is 9.65. The standard InChI is InChI=1S/C21H27N5O4/c1-21(2,3)13-18(27)22-10-11-30-19-9-8-17-23-24-20(26(17)25-19)14-6-7-15(28-4)16(12-14)29-5/h6-9,12H,10-11,13H2,1-5H3,(H,22,27). The first-order chi connectivity index (χ1) is 14.3. The molecule has 1 aromatic carbocycles. The Balaban J connectivity index is 1.70. The molecule has 3 rings (SSSR count). The Morgan fingerprint density at radius 2 is 1.83 bits per heavy atom. The molecule has 160 valence electrons. The second-order valence-electron chi connectivity index (χ2n) is 7.97. The molecule has 1 amide bonds. The molecule has 3 aromatic rings. The van der Waals surface area contributed by atoms with E-state index in [2.05, 4.69) is 20.6 Å². The lowest BCUT2D eigenvalue weighted by atomic mass is 9.92. The van der Waals surface area contributed by atoms with Crippen LogP contribution in [0.3, 0.4) is 0 Å². The highest BCUT2D eigenvalue weighted by Gasteiger charge is 2.16. The molecule has 0 atom stereocenters. The number of carbonyl (C=O) groups is 1. The second-order valence-corrected chi connectivity index (χ2v) is 7.97. The molecule has 9 nitrogen and oxygen atoms in total. The van der Waals surface area contributed by atoms with Gasteiger partial charge < -0.3 is 19.5 Å². The number of hydrogen-bond acceptors (Lipinski definition) is 7. The van der Waals surface area contributed by atoms with E-state index in [-0.39, 0.29) is 11.3 Å². The molecular formula is C21H27N5O4. The predicted octanol–water partition coefficient (Wildman–Crippen LogP) is 2.74. The summed E-state index contributed by atoms with van der Waals surface area (Å²) in [6.45, 7) is 6.79. The number of nitrogens with zero attached hydrogens (tertiary/aromatic N) is 4. The monoisotopic (exact) mass is 413 g/mol. The average molecular weight is 413 g/mol. The molecule has 0 fully saturated rings. The molecule has 0 spiro atoms. The average Bonchev–Trinajstić information content (AvgIpc) is 3.12. The molecule has 0 radical (unpaired) electrons. The Bertz CT molecular complexity index is 1030. The van der Waals surface area contributed by atoms with Gasteiger partial charge in [0.1, 0.15) is 6.61 Å². The summed E-state index contributed by atoms with van der Waals surface area (Å²) in [5.41, 5.74) is 1.32. The third kappa shape index (κ3) is 5.16. The van der Waals surface area contributed by atoms with Gasteiger partial charge in [-0.15, -0.1) is 15.3 Å². The normalized spacial score (nSPS) is 11.4. The maximum absolute atomic E-state index is 11.9. The van der Waals surface area contributed by atoms with Crippen LogP contribution in [0.1, 0.15) is 27.2 Å². The van der Waals surface area contributed by atoms with Gasteiger partial charge in [-0.05, 0) is 29.7 Å². The summed E-state index contributed by atoms with van der Waals surface area (Å²) in [5, 5.41) is 15.7. The van der Waals surface area contributed by atoms with Gasteiger partial charge in [0, 0.05) is 18.1 Å². The van der Waals surface area contributed by atoms with Crippen molar-refractivity contribution in [3.63, 3.8) is 0 Å². The predicted molar refractivity (Wildman–Crippen MR) is 112 cm³/mol. The van der Waals surface area contributed by atoms with E-state index in [1.54, 1.807) is 36.9 Å². The molecule has 0 saturated heterocycles. The van der Waals surface area contributed by atoms with Crippen molar-refractivity contribution in [2.45, 2.75) is 27.2 Å².